The summed E-state index contributed by atoms with van der Waals surface area (Å²) in [6.45, 7) is 0. The van der Waals surface area contributed by atoms with Gasteiger partial charge >= 0.3 is 6.18 Å². The predicted molar refractivity (Wildman–Crippen MR) is 75.3 cm³/mol. The van der Waals surface area contributed by atoms with E-state index in [0.717, 1.165) is 12.1 Å². The van der Waals surface area contributed by atoms with E-state index < -0.39 is 11.7 Å². The molecule has 2 rings (SSSR count). The number of pyridine rings is 1. The van der Waals surface area contributed by atoms with Crippen LogP contribution in [0.4, 0.5) is 19.0 Å². The first-order valence-electron chi connectivity index (χ1n) is 5.69. The maximum absolute atomic E-state index is 12.8. The predicted octanol–water partition coefficient (Wildman–Crippen LogP) is 5.24. The van der Waals surface area contributed by atoms with Crippen molar-refractivity contribution in [3.8, 4) is 11.6 Å². The van der Waals surface area contributed by atoms with Crippen molar-refractivity contribution in [2.24, 2.45) is 0 Å². The standard InChI is InChI=1S/C13H9Cl2F3N2O/c1-19-11-4-7(13(16,17)18)5-12(20-11)21-10-6-8(14)2-3-9(10)15/h2-6H,1H3,(H,19,20). The summed E-state index contributed by atoms with van der Waals surface area (Å²) >= 11 is 11.7. The molecule has 0 saturated carbocycles. The lowest BCUT2D eigenvalue weighted by molar-refractivity contribution is -0.137. The Labute approximate surface area is 128 Å². The van der Waals surface area contributed by atoms with Crippen LogP contribution in [0.25, 0.3) is 0 Å². The molecule has 0 radical (unpaired) electrons. The highest BCUT2D eigenvalue weighted by atomic mass is 35.5. The third-order valence-electron chi connectivity index (χ3n) is 2.49. The van der Waals surface area contributed by atoms with E-state index in [1.165, 1.54) is 25.2 Å². The third-order valence-corrected chi connectivity index (χ3v) is 3.04. The number of aromatic nitrogens is 1. The van der Waals surface area contributed by atoms with Crippen LogP contribution in [0, 0.1) is 0 Å². The average molecular weight is 337 g/mol. The van der Waals surface area contributed by atoms with Crippen molar-refractivity contribution < 1.29 is 17.9 Å². The smallest absolute Gasteiger partial charge is 0.416 e. The minimum absolute atomic E-state index is 0.0259. The van der Waals surface area contributed by atoms with Crippen LogP contribution in [0.5, 0.6) is 11.6 Å². The lowest BCUT2D eigenvalue weighted by Crippen LogP contribution is -2.07. The molecule has 0 atom stereocenters. The number of nitrogens with one attached hydrogen (secondary N) is 1. The van der Waals surface area contributed by atoms with Crippen molar-refractivity contribution >= 4 is 29.0 Å². The molecule has 1 aromatic heterocycles. The second kappa shape index (κ2) is 5.99. The van der Waals surface area contributed by atoms with E-state index in [-0.39, 0.29) is 22.5 Å². The highest BCUT2D eigenvalue weighted by molar-refractivity contribution is 6.34. The summed E-state index contributed by atoms with van der Waals surface area (Å²) in [6, 6.07) is 6.08. The number of hydrogen-bond donors (Lipinski definition) is 1. The number of benzene rings is 1. The zero-order valence-corrected chi connectivity index (χ0v) is 12.1. The molecule has 0 aliphatic carbocycles. The summed E-state index contributed by atoms with van der Waals surface area (Å²) in [6.07, 6.45) is -4.51. The van der Waals surface area contributed by atoms with Crippen LogP contribution in [0.1, 0.15) is 5.56 Å². The molecule has 1 N–H and O–H groups in total. The topological polar surface area (TPSA) is 34.1 Å². The summed E-state index contributed by atoms with van der Waals surface area (Å²) in [5.41, 5.74) is -0.880. The molecule has 0 saturated heterocycles. The van der Waals surface area contributed by atoms with Gasteiger partial charge in [0.15, 0.2) is 0 Å². The maximum Gasteiger partial charge on any atom is 0.416 e. The van der Waals surface area contributed by atoms with Crippen LogP contribution >= 0.6 is 23.2 Å². The van der Waals surface area contributed by atoms with Crippen molar-refractivity contribution in [2.45, 2.75) is 6.18 Å². The van der Waals surface area contributed by atoms with Gasteiger partial charge in [0.2, 0.25) is 5.88 Å². The minimum Gasteiger partial charge on any atom is -0.437 e. The van der Waals surface area contributed by atoms with Gasteiger partial charge in [0.05, 0.1) is 10.6 Å². The molecule has 0 aliphatic rings. The number of nitrogens with zero attached hydrogens (tertiary/aromatic N) is 1. The fraction of sp³-hybridized carbons (Fsp3) is 0.154. The Hall–Kier alpha value is -1.66. The van der Waals surface area contributed by atoms with Crippen LogP contribution < -0.4 is 10.1 Å². The van der Waals surface area contributed by atoms with Crippen molar-refractivity contribution in [3.05, 3.63) is 45.9 Å². The molecule has 112 valence electrons. The van der Waals surface area contributed by atoms with Gasteiger partial charge in [-0.05, 0) is 18.2 Å². The van der Waals surface area contributed by atoms with Gasteiger partial charge < -0.3 is 10.1 Å². The third kappa shape index (κ3) is 3.92. The number of rotatable bonds is 3. The normalized spacial score (nSPS) is 11.3. The first kappa shape index (κ1) is 15.7. The molecule has 0 aliphatic heterocycles. The number of hydrogen-bond acceptors (Lipinski definition) is 3. The zero-order valence-electron chi connectivity index (χ0n) is 10.6. The molecule has 3 nitrogen and oxygen atoms in total. The summed E-state index contributed by atoms with van der Waals surface area (Å²) in [4.78, 5) is 3.90. The first-order valence-corrected chi connectivity index (χ1v) is 6.45. The van der Waals surface area contributed by atoms with E-state index in [0.29, 0.717) is 5.02 Å². The minimum atomic E-state index is -4.51. The van der Waals surface area contributed by atoms with E-state index in [1.807, 2.05) is 0 Å². The van der Waals surface area contributed by atoms with Gasteiger partial charge in [-0.15, -0.1) is 0 Å². The molecule has 21 heavy (non-hydrogen) atoms. The van der Waals surface area contributed by atoms with Gasteiger partial charge in [-0.1, -0.05) is 23.2 Å². The summed E-state index contributed by atoms with van der Waals surface area (Å²) < 4.78 is 43.7. The summed E-state index contributed by atoms with van der Waals surface area (Å²) in [7, 11) is 1.46. The lowest BCUT2D eigenvalue weighted by Gasteiger charge is -2.12. The van der Waals surface area contributed by atoms with Crippen LogP contribution in [-0.2, 0) is 6.18 Å². The fourth-order valence-electron chi connectivity index (χ4n) is 1.52. The number of alkyl halides is 3. The Morgan fingerprint density at radius 1 is 1.14 bits per heavy atom. The van der Waals surface area contributed by atoms with E-state index in [4.69, 9.17) is 27.9 Å². The van der Waals surface area contributed by atoms with Crippen molar-refractivity contribution in [1.29, 1.82) is 0 Å². The van der Waals surface area contributed by atoms with Crippen molar-refractivity contribution in [1.82, 2.24) is 4.98 Å². The highest BCUT2D eigenvalue weighted by Crippen LogP contribution is 2.36. The molecule has 1 aromatic carbocycles. The van der Waals surface area contributed by atoms with Crippen LogP contribution in [0.2, 0.25) is 10.0 Å². The van der Waals surface area contributed by atoms with Gasteiger partial charge in [-0.3, -0.25) is 0 Å². The van der Waals surface area contributed by atoms with Gasteiger partial charge in [0.25, 0.3) is 0 Å². The maximum atomic E-state index is 12.8. The quantitative estimate of drug-likeness (QED) is 0.832. The first-order chi connectivity index (χ1) is 9.79. The monoisotopic (exact) mass is 336 g/mol. The molecule has 0 bridgehead atoms. The van der Waals surface area contributed by atoms with Gasteiger partial charge in [-0.2, -0.15) is 18.2 Å². The Morgan fingerprint density at radius 2 is 1.86 bits per heavy atom. The Morgan fingerprint density at radius 3 is 2.48 bits per heavy atom. The SMILES string of the molecule is CNc1cc(C(F)(F)F)cc(Oc2cc(Cl)ccc2Cl)n1. The number of halogens is 5. The number of anilines is 1. The van der Waals surface area contributed by atoms with E-state index >= 15 is 0 Å². The second-order valence-electron chi connectivity index (χ2n) is 4.00. The van der Waals surface area contributed by atoms with E-state index in [9.17, 15) is 13.2 Å². The van der Waals surface area contributed by atoms with Gasteiger partial charge in [0, 0.05) is 24.2 Å². The van der Waals surface area contributed by atoms with Gasteiger partial charge in [-0.25, -0.2) is 0 Å². The molecule has 0 unspecified atom stereocenters. The van der Waals surface area contributed by atoms with Gasteiger partial charge in [0.1, 0.15) is 11.6 Å². The molecular formula is C13H9Cl2F3N2O. The zero-order chi connectivity index (χ0) is 15.6. The second-order valence-corrected chi connectivity index (χ2v) is 4.85. The summed E-state index contributed by atoms with van der Waals surface area (Å²) in [5, 5.41) is 3.10. The molecule has 0 fully saturated rings. The summed E-state index contributed by atoms with van der Waals surface area (Å²) in [5.74, 6) is -0.0886. The molecule has 1 heterocycles. The molecule has 0 amide bonds. The van der Waals surface area contributed by atoms with Crippen LogP contribution in [-0.4, -0.2) is 12.0 Å². The van der Waals surface area contributed by atoms with Crippen molar-refractivity contribution in [2.75, 3.05) is 12.4 Å². The molecule has 0 spiro atoms. The van der Waals surface area contributed by atoms with E-state index in [2.05, 4.69) is 10.3 Å². The molecule has 2 aromatic rings. The largest absolute Gasteiger partial charge is 0.437 e. The van der Waals surface area contributed by atoms with Crippen LogP contribution in [0.15, 0.2) is 30.3 Å². The molecular weight excluding hydrogens is 328 g/mol. The van der Waals surface area contributed by atoms with Crippen molar-refractivity contribution in [3.63, 3.8) is 0 Å². The Balaban J connectivity index is 2.42. The van der Waals surface area contributed by atoms with E-state index in [1.54, 1.807) is 0 Å². The Bertz CT molecular complexity index is 662. The highest BCUT2D eigenvalue weighted by Gasteiger charge is 2.32. The fourth-order valence-corrected chi connectivity index (χ4v) is 1.84. The van der Waals surface area contributed by atoms with Crippen LogP contribution in [0.3, 0.4) is 0 Å². The average Bonchev–Trinajstić information content (AvgIpc) is 2.41. The Kier molecular flexibility index (Phi) is 4.49. The lowest BCUT2D eigenvalue weighted by atomic mass is 10.2. The molecule has 8 heteroatoms. The number of ether oxygens (including phenoxy) is 1.